The minimum atomic E-state index is -1.02. The second kappa shape index (κ2) is 5.18. The Morgan fingerprint density at radius 1 is 1.35 bits per heavy atom. The summed E-state index contributed by atoms with van der Waals surface area (Å²) in [4.78, 5) is 4.29. The number of halogens is 1. The van der Waals surface area contributed by atoms with Crippen molar-refractivity contribution in [3.05, 3.63) is 35.5 Å². The topological polar surface area (TPSA) is 59.2 Å². The molecule has 1 aromatic carbocycles. The lowest BCUT2D eigenvalue weighted by molar-refractivity contribution is -0.00351. The quantitative estimate of drug-likeness (QED) is 0.923. The van der Waals surface area contributed by atoms with Crippen LogP contribution in [-0.4, -0.2) is 26.8 Å². The van der Waals surface area contributed by atoms with E-state index in [1.165, 1.54) is 6.07 Å². The van der Waals surface area contributed by atoms with Crippen LogP contribution in [0.25, 0.3) is 11.4 Å². The molecular formula is C14H15FN2O2S. The molecule has 1 aromatic heterocycles. The zero-order valence-corrected chi connectivity index (χ0v) is 11.9. The monoisotopic (exact) mass is 294 g/mol. The van der Waals surface area contributed by atoms with Gasteiger partial charge in [0.15, 0.2) is 0 Å². The fourth-order valence-electron chi connectivity index (χ4n) is 2.24. The molecule has 0 atom stereocenters. The SMILES string of the molecule is Cc1cc(-c2noc(C3(O)CCSCC3)n2)ccc1F. The average Bonchev–Trinajstić information content (AvgIpc) is 2.93. The third-order valence-electron chi connectivity index (χ3n) is 3.56. The summed E-state index contributed by atoms with van der Waals surface area (Å²) in [7, 11) is 0. The molecule has 20 heavy (non-hydrogen) atoms. The Morgan fingerprint density at radius 3 is 2.80 bits per heavy atom. The van der Waals surface area contributed by atoms with Gasteiger partial charge in [0, 0.05) is 5.56 Å². The molecule has 1 fully saturated rings. The molecule has 2 aromatic rings. The lowest BCUT2D eigenvalue weighted by Crippen LogP contribution is -2.30. The Kier molecular flexibility index (Phi) is 3.52. The van der Waals surface area contributed by atoms with Crippen molar-refractivity contribution < 1.29 is 14.0 Å². The molecule has 0 amide bonds. The fourth-order valence-corrected chi connectivity index (χ4v) is 3.40. The molecule has 0 radical (unpaired) electrons. The number of thioether (sulfide) groups is 1. The number of benzene rings is 1. The van der Waals surface area contributed by atoms with Crippen molar-refractivity contribution in [3.8, 4) is 11.4 Å². The third-order valence-corrected chi connectivity index (χ3v) is 4.55. The molecule has 4 nitrogen and oxygen atoms in total. The highest BCUT2D eigenvalue weighted by molar-refractivity contribution is 7.99. The van der Waals surface area contributed by atoms with Gasteiger partial charge in [0.05, 0.1) is 0 Å². The normalized spacial score (nSPS) is 18.1. The lowest BCUT2D eigenvalue weighted by Gasteiger charge is -2.27. The second-order valence-corrected chi connectivity index (χ2v) is 6.26. The number of hydrogen-bond acceptors (Lipinski definition) is 5. The van der Waals surface area contributed by atoms with Gasteiger partial charge in [-0.2, -0.15) is 16.7 Å². The van der Waals surface area contributed by atoms with Gasteiger partial charge in [-0.05, 0) is 55.0 Å². The van der Waals surface area contributed by atoms with E-state index in [9.17, 15) is 9.50 Å². The van der Waals surface area contributed by atoms with E-state index in [0.717, 1.165) is 11.5 Å². The van der Waals surface area contributed by atoms with Crippen LogP contribution in [0.2, 0.25) is 0 Å². The first kappa shape index (κ1) is 13.6. The summed E-state index contributed by atoms with van der Waals surface area (Å²) in [5.74, 6) is 2.14. The number of aliphatic hydroxyl groups is 1. The molecule has 6 heteroatoms. The number of hydrogen-bond donors (Lipinski definition) is 1. The highest BCUT2D eigenvalue weighted by Gasteiger charge is 2.37. The van der Waals surface area contributed by atoms with Crippen LogP contribution < -0.4 is 0 Å². The molecular weight excluding hydrogens is 279 g/mol. The second-order valence-electron chi connectivity index (χ2n) is 5.03. The van der Waals surface area contributed by atoms with Crippen molar-refractivity contribution in [1.82, 2.24) is 10.1 Å². The Hall–Kier alpha value is -1.40. The Balaban J connectivity index is 1.91. The van der Waals surface area contributed by atoms with Crippen LogP contribution >= 0.6 is 11.8 Å². The first-order valence-corrected chi connectivity index (χ1v) is 7.65. The van der Waals surface area contributed by atoms with Crippen LogP contribution in [0.3, 0.4) is 0 Å². The molecule has 1 N–H and O–H groups in total. The molecule has 0 unspecified atom stereocenters. The van der Waals surface area contributed by atoms with Gasteiger partial charge in [-0.15, -0.1) is 0 Å². The van der Waals surface area contributed by atoms with Crippen molar-refractivity contribution >= 4 is 11.8 Å². The van der Waals surface area contributed by atoms with Crippen LogP contribution in [0.15, 0.2) is 22.7 Å². The van der Waals surface area contributed by atoms with E-state index in [2.05, 4.69) is 10.1 Å². The van der Waals surface area contributed by atoms with Crippen LogP contribution in [0, 0.1) is 12.7 Å². The van der Waals surface area contributed by atoms with E-state index in [1.807, 2.05) is 11.8 Å². The van der Waals surface area contributed by atoms with Gasteiger partial charge in [-0.25, -0.2) is 4.39 Å². The maximum atomic E-state index is 13.3. The van der Waals surface area contributed by atoms with E-state index in [0.29, 0.717) is 29.8 Å². The number of aryl methyl sites for hydroxylation is 1. The Labute approximate surface area is 120 Å². The van der Waals surface area contributed by atoms with Crippen molar-refractivity contribution in [1.29, 1.82) is 0 Å². The van der Waals surface area contributed by atoms with Gasteiger partial charge >= 0.3 is 0 Å². The van der Waals surface area contributed by atoms with Gasteiger partial charge in [0.25, 0.3) is 5.89 Å². The summed E-state index contributed by atoms with van der Waals surface area (Å²) < 4.78 is 18.5. The van der Waals surface area contributed by atoms with Crippen LogP contribution in [0.4, 0.5) is 4.39 Å². The van der Waals surface area contributed by atoms with Gasteiger partial charge in [0.2, 0.25) is 5.82 Å². The van der Waals surface area contributed by atoms with Crippen molar-refractivity contribution in [2.24, 2.45) is 0 Å². The smallest absolute Gasteiger partial charge is 0.258 e. The third kappa shape index (κ3) is 2.45. The summed E-state index contributed by atoms with van der Waals surface area (Å²) in [6.45, 7) is 1.69. The molecule has 1 aliphatic heterocycles. The predicted molar refractivity (Wildman–Crippen MR) is 74.9 cm³/mol. The van der Waals surface area contributed by atoms with Crippen molar-refractivity contribution in [2.75, 3.05) is 11.5 Å². The van der Waals surface area contributed by atoms with Gasteiger partial charge in [-0.1, -0.05) is 5.16 Å². The summed E-state index contributed by atoms with van der Waals surface area (Å²) in [6, 6.07) is 4.66. The van der Waals surface area contributed by atoms with E-state index < -0.39 is 5.60 Å². The molecule has 0 aliphatic carbocycles. The maximum absolute atomic E-state index is 13.3. The van der Waals surface area contributed by atoms with E-state index in [-0.39, 0.29) is 11.7 Å². The van der Waals surface area contributed by atoms with Gasteiger partial charge in [-0.3, -0.25) is 0 Å². The van der Waals surface area contributed by atoms with E-state index in [4.69, 9.17) is 4.52 Å². The summed E-state index contributed by atoms with van der Waals surface area (Å²) in [6.07, 6.45) is 1.23. The largest absolute Gasteiger partial charge is 0.380 e. The maximum Gasteiger partial charge on any atom is 0.258 e. The van der Waals surface area contributed by atoms with Crippen LogP contribution in [-0.2, 0) is 5.60 Å². The molecule has 0 saturated carbocycles. The summed E-state index contributed by atoms with van der Waals surface area (Å²) in [5.41, 5.74) is 0.195. The lowest BCUT2D eigenvalue weighted by atomic mass is 9.97. The summed E-state index contributed by atoms with van der Waals surface area (Å²) in [5, 5.41) is 14.4. The zero-order valence-electron chi connectivity index (χ0n) is 11.1. The minimum Gasteiger partial charge on any atom is -0.380 e. The van der Waals surface area contributed by atoms with Gasteiger partial charge < -0.3 is 9.63 Å². The molecule has 0 bridgehead atoms. The molecule has 1 saturated heterocycles. The minimum absolute atomic E-state index is 0.259. The average molecular weight is 294 g/mol. The fraction of sp³-hybridized carbons (Fsp3) is 0.429. The van der Waals surface area contributed by atoms with E-state index >= 15 is 0 Å². The Bertz CT molecular complexity index is 623. The van der Waals surface area contributed by atoms with Gasteiger partial charge in [0.1, 0.15) is 11.4 Å². The number of rotatable bonds is 2. The summed E-state index contributed by atoms with van der Waals surface area (Å²) >= 11 is 1.81. The molecule has 1 aliphatic rings. The van der Waals surface area contributed by atoms with E-state index in [1.54, 1.807) is 19.1 Å². The predicted octanol–water partition coefficient (Wildman–Crippen LogP) is 2.90. The highest BCUT2D eigenvalue weighted by Crippen LogP contribution is 2.35. The highest BCUT2D eigenvalue weighted by atomic mass is 32.2. The van der Waals surface area contributed by atoms with Crippen molar-refractivity contribution in [3.63, 3.8) is 0 Å². The molecule has 2 heterocycles. The molecule has 0 spiro atoms. The van der Waals surface area contributed by atoms with Crippen molar-refractivity contribution in [2.45, 2.75) is 25.4 Å². The first-order chi connectivity index (χ1) is 9.58. The molecule has 106 valence electrons. The first-order valence-electron chi connectivity index (χ1n) is 6.49. The Morgan fingerprint density at radius 2 is 2.10 bits per heavy atom. The zero-order chi connectivity index (χ0) is 14.2. The van der Waals surface area contributed by atoms with Crippen LogP contribution in [0.1, 0.15) is 24.3 Å². The number of aromatic nitrogens is 2. The van der Waals surface area contributed by atoms with Crippen LogP contribution in [0.5, 0.6) is 0 Å². The molecule has 3 rings (SSSR count). The standard InChI is InChI=1S/C14H15FN2O2S/c1-9-8-10(2-3-11(9)15)12-16-13(19-17-12)14(18)4-6-20-7-5-14/h2-3,8,18H,4-7H2,1H3. The number of nitrogens with zero attached hydrogens (tertiary/aromatic N) is 2.